The summed E-state index contributed by atoms with van der Waals surface area (Å²) in [5.74, 6) is -0.522. The molecule has 0 saturated carbocycles. The summed E-state index contributed by atoms with van der Waals surface area (Å²) in [6.07, 6.45) is 1.37. The Morgan fingerprint density at radius 1 is 1.12 bits per heavy atom. The second-order valence-corrected chi connectivity index (χ2v) is 8.79. The molecule has 2 N–H and O–H groups in total. The lowest BCUT2D eigenvalue weighted by atomic mass is 10.2. The molecule has 0 aliphatic heterocycles. The zero-order valence-electron chi connectivity index (χ0n) is 17.7. The van der Waals surface area contributed by atoms with Crippen LogP contribution < -0.4 is 15.5 Å². The van der Waals surface area contributed by atoms with E-state index in [4.69, 9.17) is 4.74 Å². The maximum Gasteiger partial charge on any atom is 0.271 e. The third kappa shape index (κ3) is 6.96. The van der Waals surface area contributed by atoms with Gasteiger partial charge in [0.1, 0.15) is 5.75 Å². The Balaban J connectivity index is 1.67. The molecule has 0 saturated heterocycles. The van der Waals surface area contributed by atoms with Crippen molar-refractivity contribution in [2.24, 2.45) is 5.10 Å². The first-order valence-corrected chi connectivity index (χ1v) is 11.4. The van der Waals surface area contributed by atoms with Gasteiger partial charge in [0, 0.05) is 33.4 Å². The lowest BCUT2D eigenvalue weighted by Gasteiger charge is -2.12. The predicted octanol–water partition coefficient (Wildman–Crippen LogP) is 5.21. The Bertz CT molecular complexity index is 1260. The van der Waals surface area contributed by atoms with Gasteiger partial charge in [0.25, 0.3) is 17.5 Å². The molecule has 0 aromatic heterocycles. The van der Waals surface area contributed by atoms with Crippen LogP contribution in [0, 0.1) is 17.0 Å². The molecule has 0 bridgehead atoms. The number of benzene rings is 3. The molecule has 0 radical (unpaired) electrons. The lowest BCUT2D eigenvalue weighted by Crippen LogP contribution is -2.21. The van der Waals surface area contributed by atoms with E-state index >= 15 is 0 Å². The summed E-state index contributed by atoms with van der Waals surface area (Å²) >= 11 is 6.79. The number of halogens is 2. The molecule has 0 unspecified atom stereocenters. The number of carbonyl (C=O) groups excluding carboxylic acids is 2. The van der Waals surface area contributed by atoms with E-state index in [0.29, 0.717) is 21.5 Å². The molecule has 2 amide bonds. The second-order valence-electron chi connectivity index (χ2n) is 7.02. The van der Waals surface area contributed by atoms with Gasteiger partial charge in [0.05, 0.1) is 15.6 Å². The fourth-order valence-electron chi connectivity index (χ4n) is 2.85. The minimum atomic E-state index is -0.548. The molecule has 3 aromatic rings. The van der Waals surface area contributed by atoms with E-state index in [1.54, 1.807) is 18.2 Å². The van der Waals surface area contributed by atoms with E-state index in [1.807, 2.05) is 25.1 Å². The standard InChI is InChI=1S/C23H18Br2N4O5/c1-14-3-2-4-18(9-14)27-21(30)13-34-22-16(10-17(24)11-20(22)25)12-26-28-23(31)15-5-7-19(8-6-15)29(32)33/h2-12H,13H2,1H3,(H,27,30)(H,28,31)/b26-12+. The highest BCUT2D eigenvalue weighted by Crippen LogP contribution is 2.32. The monoisotopic (exact) mass is 588 g/mol. The minimum absolute atomic E-state index is 0.118. The first-order chi connectivity index (χ1) is 16.2. The van der Waals surface area contributed by atoms with Gasteiger partial charge in [-0.2, -0.15) is 5.10 Å². The van der Waals surface area contributed by atoms with Gasteiger partial charge in [0.15, 0.2) is 6.61 Å². The Labute approximate surface area is 211 Å². The van der Waals surface area contributed by atoms with Crippen LogP contribution in [0.5, 0.6) is 5.75 Å². The van der Waals surface area contributed by atoms with Crippen LogP contribution in [-0.2, 0) is 4.79 Å². The lowest BCUT2D eigenvalue weighted by molar-refractivity contribution is -0.384. The highest BCUT2D eigenvalue weighted by molar-refractivity contribution is 9.11. The van der Waals surface area contributed by atoms with Crippen molar-refractivity contribution in [3.63, 3.8) is 0 Å². The van der Waals surface area contributed by atoms with Crippen molar-refractivity contribution >= 4 is 61.3 Å². The number of non-ortho nitro benzene ring substituents is 1. The van der Waals surface area contributed by atoms with Gasteiger partial charge in [-0.3, -0.25) is 19.7 Å². The number of rotatable bonds is 8. The van der Waals surface area contributed by atoms with Gasteiger partial charge < -0.3 is 10.1 Å². The van der Waals surface area contributed by atoms with Gasteiger partial charge in [0.2, 0.25) is 0 Å². The minimum Gasteiger partial charge on any atom is -0.482 e. The molecule has 3 aromatic carbocycles. The Hall–Kier alpha value is -3.57. The number of amides is 2. The molecule has 0 fully saturated rings. The van der Waals surface area contributed by atoms with Crippen LogP contribution in [0.25, 0.3) is 0 Å². The molecule has 0 heterocycles. The first kappa shape index (κ1) is 25.1. The third-order valence-electron chi connectivity index (χ3n) is 4.40. The molecule has 34 heavy (non-hydrogen) atoms. The van der Waals surface area contributed by atoms with Crippen molar-refractivity contribution in [3.05, 3.63) is 96.4 Å². The molecule has 0 aliphatic carbocycles. The molecule has 0 aliphatic rings. The molecule has 3 rings (SSSR count). The average Bonchev–Trinajstić information content (AvgIpc) is 2.78. The smallest absolute Gasteiger partial charge is 0.271 e. The van der Waals surface area contributed by atoms with Crippen molar-refractivity contribution in [1.29, 1.82) is 0 Å². The number of hydrogen-bond acceptors (Lipinski definition) is 6. The fraction of sp³-hybridized carbons (Fsp3) is 0.0870. The van der Waals surface area contributed by atoms with Crippen LogP contribution in [0.3, 0.4) is 0 Å². The van der Waals surface area contributed by atoms with E-state index in [-0.39, 0.29) is 23.8 Å². The van der Waals surface area contributed by atoms with E-state index in [9.17, 15) is 19.7 Å². The summed E-state index contributed by atoms with van der Waals surface area (Å²) in [6.45, 7) is 1.68. The number of anilines is 1. The van der Waals surface area contributed by atoms with Crippen LogP contribution in [0.15, 0.2) is 74.7 Å². The summed E-state index contributed by atoms with van der Waals surface area (Å²) in [5.41, 5.74) is 4.63. The summed E-state index contributed by atoms with van der Waals surface area (Å²) in [4.78, 5) is 34.8. The number of hydrazone groups is 1. The average molecular weight is 590 g/mol. The van der Waals surface area contributed by atoms with Gasteiger partial charge >= 0.3 is 0 Å². The largest absolute Gasteiger partial charge is 0.482 e. The number of carbonyl (C=O) groups is 2. The number of nitrogens with one attached hydrogen (secondary N) is 2. The zero-order chi connectivity index (χ0) is 24.7. The number of nitro benzene ring substituents is 1. The van der Waals surface area contributed by atoms with E-state index in [2.05, 4.69) is 47.7 Å². The Kier molecular flexibility index (Phi) is 8.50. The zero-order valence-corrected chi connectivity index (χ0v) is 20.9. The van der Waals surface area contributed by atoms with Gasteiger partial charge in [-0.05, 0) is 64.8 Å². The molecule has 9 nitrogen and oxygen atoms in total. The first-order valence-electron chi connectivity index (χ1n) is 9.79. The number of nitrogens with zero attached hydrogens (tertiary/aromatic N) is 2. The fourth-order valence-corrected chi connectivity index (χ4v) is 4.22. The van der Waals surface area contributed by atoms with Crippen molar-refractivity contribution < 1.29 is 19.2 Å². The molecule has 0 atom stereocenters. The van der Waals surface area contributed by atoms with Crippen molar-refractivity contribution in [2.75, 3.05) is 11.9 Å². The maximum absolute atomic E-state index is 12.3. The van der Waals surface area contributed by atoms with Gasteiger partial charge in [-0.1, -0.05) is 28.1 Å². The SMILES string of the molecule is Cc1cccc(NC(=O)COc2c(Br)cc(Br)cc2/C=N/NC(=O)c2ccc([N+](=O)[O-])cc2)c1. The molecular formula is C23H18Br2N4O5. The number of hydrogen-bond donors (Lipinski definition) is 2. The Morgan fingerprint density at radius 3 is 2.53 bits per heavy atom. The van der Waals surface area contributed by atoms with Gasteiger partial charge in [-0.25, -0.2) is 5.43 Å². The van der Waals surface area contributed by atoms with E-state index in [1.165, 1.54) is 30.5 Å². The number of aryl methyl sites for hydroxylation is 1. The van der Waals surface area contributed by atoms with Crippen LogP contribution >= 0.6 is 31.9 Å². The summed E-state index contributed by atoms with van der Waals surface area (Å²) in [6, 6.07) is 16.0. The van der Waals surface area contributed by atoms with Crippen LogP contribution in [-0.4, -0.2) is 29.6 Å². The van der Waals surface area contributed by atoms with Gasteiger partial charge in [-0.15, -0.1) is 0 Å². The molecule has 11 heteroatoms. The predicted molar refractivity (Wildman–Crippen MR) is 135 cm³/mol. The van der Waals surface area contributed by atoms with Crippen LogP contribution in [0.4, 0.5) is 11.4 Å². The maximum atomic E-state index is 12.3. The number of ether oxygens (including phenoxy) is 1. The van der Waals surface area contributed by atoms with Crippen molar-refractivity contribution in [3.8, 4) is 5.75 Å². The topological polar surface area (TPSA) is 123 Å². The Morgan fingerprint density at radius 2 is 1.85 bits per heavy atom. The van der Waals surface area contributed by atoms with Crippen LogP contribution in [0.1, 0.15) is 21.5 Å². The van der Waals surface area contributed by atoms with Crippen molar-refractivity contribution in [2.45, 2.75) is 6.92 Å². The van der Waals surface area contributed by atoms with E-state index in [0.717, 1.165) is 10.0 Å². The van der Waals surface area contributed by atoms with Crippen LogP contribution in [0.2, 0.25) is 0 Å². The van der Waals surface area contributed by atoms with E-state index < -0.39 is 10.8 Å². The number of nitro groups is 1. The molecule has 174 valence electrons. The summed E-state index contributed by atoms with van der Waals surface area (Å²) in [7, 11) is 0. The second kappa shape index (κ2) is 11.5. The molecule has 0 spiro atoms. The highest BCUT2D eigenvalue weighted by atomic mass is 79.9. The van der Waals surface area contributed by atoms with Crippen molar-refractivity contribution in [1.82, 2.24) is 5.43 Å². The summed E-state index contributed by atoms with van der Waals surface area (Å²) < 4.78 is 7.02. The molecular weight excluding hydrogens is 572 g/mol. The quantitative estimate of drug-likeness (QED) is 0.212. The summed E-state index contributed by atoms with van der Waals surface area (Å²) in [5, 5.41) is 17.4. The highest BCUT2D eigenvalue weighted by Gasteiger charge is 2.13. The normalized spacial score (nSPS) is 10.7. The third-order valence-corrected chi connectivity index (χ3v) is 5.44.